The maximum atomic E-state index is 13.1. The molecule has 0 aromatic carbocycles. The van der Waals surface area contributed by atoms with Gasteiger partial charge in [0.1, 0.15) is 0 Å². The van der Waals surface area contributed by atoms with Crippen molar-refractivity contribution in [2.75, 3.05) is 0 Å². The fourth-order valence-electron chi connectivity index (χ4n) is 1.31. The number of hydrogen-bond donors (Lipinski definition) is 2. The summed E-state index contributed by atoms with van der Waals surface area (Å²) in [4.78, 5) is 16.8. The molecule has 0 fully saturated rings. The van der Waals surface area contributed by atoms with Crippen LogP contribution < -0.4 is 5.73 Å². The molecule has 1 heterocycles. The largest absolute Gasteiger partial charge is 0.370 e. The first-order valence-corrected chi connectivity index (χ1v) is 4.41. The lowest BCUT2D eigenvalue weighted by atomic mass is 9.84. The molecule has 14 heavy (non-hydrogen) atoms. The van der Waals surface area contributed by atoms with Crippen molar-refractivity contribution in [3.63, 3.8) is 0 Å². The fourth-order valence-corrected chi connectivity index (χ4v) is 1.31. The maximum Gasteiger partial charge on any atom is 0.234 e. The minimum Gasteiger partial charge on any atom is -0.370 e. The monoisotopic (exact) mass is 199 g/mol. The van der Waals surface area contributed by atoms with E-state index in [1.807, 2.05) is 13.8 Å². The number of imidazole rings is 1. The highest BCUT2D eigenvalue weighted by Crippen LogP contribution is 2.27. The molecule has 0 aliphatic heterocycles. The highest BCUT2D eigenvalue weighted by molar-refractivity contribution is 5.73. The summed E-state index contributed by atoms with van der Waals surface area (Å²) in [7, 11) is 0. The molecule has 0 spiro atoms. The second kappa shape index (κ2) is 3.77. The zero-order valence-electron chi connectivity index (χ0n) is 8.30. The molecular formula is C9H14FN3O. The quantitative estimate of drug-likeness (QED) is 0.762. The molecule has 1 aromatic rings. The Bertz CT molecular complexity index is 333. The van der Waals surface area contributed by atoms with E-state index in [0.717, 1.165) is 0 Å². The van der Waals surface area contributed by atoms with E-state index in [0.29, 0.717) is 12.1 Å². The van der Waals surface area contributed by atoms with E-state index in [4.69, 9.17) is 5.73 Å². The Morgan fingerprint density at radius 1 is 1.71 bits per heavy atom. The molecule has 1 aromatic heterocycles. The summed E-state index contributed by atoms with van der Waals surface area (Å²) in [5.74, 6) is -0.891. The lowest BCUT2D eigenvalue weighted by molar-refractivity contribution is -0.118. The molecule has 0 saturated heterocycles. The van der Waals surface area contributed by atoms with Crippen LogP contribution in [0.1, 0.15) is 32.4 Å². The van der Waals surface area contributed by atoms with Crippen molar-refractivity contribution >= 4 is 5.91 Å². The van der Waals surface area contributed by atoms with Gasteiger partial charge in [0.15, 0.2) is 0 Å². The van der Waals surface area contributed by atoms with Crippen LogP contribution in [-0.4, -0.2) is 15.9 Å². The molecule has 3 N–H and O–H groups in total. The maximum absolute atomic E-state index is 13.1. The predicted molar refractivity (Wildman–Crippen MR) is 50.0 cm³/mol. The van der Waals surface area contributed by atoms with Crippen molar-refractivity contribution in [1.29, 1.82) is 0 Å². The normalized spacial score (nSPS) is 11.6. The molecule has 5 heteroatoms. The van der Waals surface area contributed by atoms with Crippen molar-refractivity contribution in [2.45, 2.75) is 32.1 Å². The van der Waals surface area contributed by atoms with Crippen LogP contribution in [0.3, 0.4) is 0 Å². The molecule has 0 saturated carbocycles. The summed E-state index contributed by atoms with van der Waals surface area (Å²) in [6.07, 6.45) is 2.05. The molecule has 0 atom stereocenters. The number of hydrogen-bond acceptors (Lipinski definition) is 2. The molecular weight excluding hydrogens is 185 g/mol. The van der Waals surface area contributed by atoms with E-state index in [2.05, 4.69) is 9.97 Å². The Balaban J connectivity index is 2.75. The van der Waals surface area contributed by atoms with Crippen molar-refractivity contribution in [2.24, 2.45) is 5.73 Å². The van der Waals surface area contributed by atoms with Crippen LogP contribution in [0, 0.1) is 5.95 Å². The van der Waals surface area contributed by atoms with Gasteiger partial charge in [0, 0.05) is 11.8 Å². The average molecular weight is 199 g/mol. The summed E-state index contributed by atoms with van der Waals surface area (Å²) >= 11 is 0. The number of nitrogens with two attached hydrogens (primary N) is 1. The first-order chi connectivity index (χ1) is 6.43. The van der Waals surface area contributed by atoms with Crippen LogP contribution in [0.4, 0.5) is 4.39 Å². The smallest absolute Gasteiger partial charge is 0.234 e. The molecule has 0 unspecified atom stereocenters. The number of amides is 1. The van der Waals surface area contributed by atoms with E-state index in [9.17, 15) is 9.18 Å². The zero-order valence-corrected chi connectivity index (χ0v) is 8.30. The third-order valence-electron chi connectivity index (χ3n) is 2.27. The predicted octanol–water partition coefficient (Wildman–Crippen LogP) is 1.09. The average Bonchev–Trinajstić information content (AvgIpc) is 2.48. The number of carbonyl (C=O) groups is 1. The van der Waals surface area contributed by atoms with Gasteiger partial charge >= 0.3 is 0 Å². The molecule has 0 aliphatic rings. The first kappa shape index (κ1) is 10.7. The molecule has 78 valence electrons. The number of primary amides is 1. The van der Waals surface area contributed by atoms with Gasteiger partial charge in [0.2, 0.25) is 11.9 Å². The van der Waals surface area contributed by atoms with Crippen molar-refractivity contribution in [3.05, 3.63) is 18.0 Å². The number of nitrogens with zero attached hydrogens (tertiary/aromatic N) is 1. The summed E-state index contributed by atoms with van der Waals surface area (Å²) in [6, 6.07) is 0. The number of aromatic amines is 1. The third kappa shape index (κ3) is 2.31. The van der Waals surface area contributed by atoms with E-state index < -0.39 is 11.4 Å². The van der Waals surface area contributed by atoms with Crippen LogP contribution in [-0.2, 0) is 10.2 Å². The zero-order chi connectivity index (χ0) is 10.8. The summed E-state index contributed by atoms with van der Waals surface area (Å²) in [6.45, 7) is 3.68. The van der Waals surface area contributed by atoms with Crippen LogP contribution in [0.5, 0.6) is 0 Å². The standard InChI is InChI=1S/C9H14FN3O/c1-9(2,4-3-6(11)14)7-8(10)13-5-12-7/h5H,3-4H2,1-2H3,(H2,11,14)(H,12,13). The molecule has 1 amide bonds. The topological polar surface area (TPSA) is 71.8 Å². The number of halogens is 1. The number of aromatic nitrogens is 2. The fraction of sp³-hybridized carbons (Fsp3) is 0.556. The highest BCUT2D eigenvalue weighted by Gasteiger charge is 2.26. The van der Waals surface area contributed by atoms with Gasteiger partial charge in [-0.1, -0.05) is 13.8 Å². The van der Waals surface area contributed by atoms with Gasteiger partial charge in [-0.3, -0.25) is 4.79 Å². The Hall–Kier alpha value is -1.39. The molecule has 0 aliphatic carbocycles. The van der Waals surface area contributed by atoms with E-state index in [1.165, 1.54) is 6.33 Å². The van der Waals surface area contributed by atoms with Gasteiger partial charge in [-0.2, -0.15) is 4.39 Å². The van der Waals surface area contributed by atoms with Gasteiger partial charge in [-0.05, 0) is 6.42 Å². The van der Waals surface area contributed by atoms with Crippen molar-refractivity contribution in [3.8, 4) is 0 Å². The number of rotatable bonds is 4. The summed E-state index contributed by atoms with van der Waals surface area (Å²) in [5, 5.41) is 0. The lowest BCUT2D eigenvalue weighted by Crippen LogP contribution is -2.23. The molecule has 4 nitrogen and oxygen atoms in total. The van der Waals surface area contributed by atoms with Crippen LogP contribution in [0.2, 0.25) is 0 Å². The Morgan fingerprint density at radius 2 is 2.36 bits per heavy atom. The minimum atomic E-state index is -0.514. The van der Waals surface area contributed by atoms with E-state index in [-0.39, 0.29) is 12.3 Å². The molecule has 1 rings (SSSR count). The Morgan fingerprint density at radius 3 is 2.79 bits per heavy atom. The van der Waals surface area contributed by atoms with Crippen molar-refractivity contribution < 1.29 is 9.18 Å². The minimum absolute atomic E-state index is 0.242. The van der Waals surface area contributed by atoms with E-state index >= 15 is 0 Å². The summed E-state index contributed by atoms with van der Waals surface area (Å²) < 4.78 is 13.1. The van der Waals surface area contributed by atoms with Crippen molar-refractivity contribution in [1.82, 2.24) is 9.97 Å². The van der Waals surface area contributed by atoms with Crippen LogP contribution in [0.15, 0.2) is 6.33 Å². The number of H-pyrrole nitrogens is 1. The first-order valence-electron chi connectivity index (χ1n) is 4.41. The Kier molecular flexibility index (Phi) is 2.88. The molecule has 0 radical (unpaired) electrons. The number of carbonyl (C=O) groups excluding carboxylic acids is 1. The lowest BCUT2D eigenvalue weighted by Gasteiger charge is -2.22. The van der Waals surface area contributed by atoms with Gasteiger partial charge in [0.05, 0.1) is 12.0 Å². The second-order valence-electron chi connectivity index (χ2n) is 3.92. The Labute approximate surface area is 81.7 Å². The number of nitrogens with one attached hydrogen (secondary N) is 1. The highest BCUT2D eigenvalue weighted by atomic mass is 19.1. The molecule has 0 bridgehead atoms. The SMILES string of the molecule is CC(C)(CCC(N)=O)c1[nH]cnc1F. The van der Waals surface area contributed by atoms with Gasteiger partial charge < -0.3 is 10.7 Å². The van der Waals surface area contributed by atoms with E-state index in [1.54, 1.807) is 0 Å². The summed E-state index contributed by atoms with van der Waals surface area (Å²) in [5.41, 5.74) is 5.00. The van der Waals surface area contributed by atoms with Gasteiger partial charge in [-0.25, -0.2) is 4.98 Å². The second-order valence-corrected chi connectivity index (χ2v) is 3.92. The van der Waals surface area contributed by atoms with Gasteiger partial charge in [-0.15, -0.1) is 0 Å². The third-order valence-corrected chi connectivity index (χ3v) is 2.27. The van der Waals surface area contributed by atoms with Gasteiger partial charge in [0.25, 0.3) is 0 Å². The van der Waals surface area contributed by atoms with Crippen LogP contribution >= 0.6 is 0 Å². The van der Waals surface area contributed by atoms with Crippen LogP contribution in [0.25, 0.3) is 0 Å².